The zero-order chi connectivity index (χ0) is 24.7. The lowest BCUT2D eigenvalue weighted by molar-refractivity contribution is -0.142. The summed E-state index contributed by atoms with van der Waals surface area (Å²) in [4.78, 5) is 27.9. The van der Waals surface area contributed by atoms with Crippen molar-refractivity contribution in [3.8, 4) is 5.75 Å². The van der Waals surface area contributed by atoms with E-state index >= 15 is 0 Å². The van der Waals surface area contributed by atoms with Crippen molar-refractivity contribution in [2.45, 2.75) is 25.9 Å². The first-order valence-corrected chi connectivity index (χ1v) is 12.2. The number of benzene rings is 3. The fourth-order valence-corrected chi connectivity index (χ4v) is 4.27. The molecule has 8 heteroatoms. The van der Waals surface area contributed by atoms with Gasteiger partial charge in [-0.2, -0.15) is 0 Å². The Morgan fingerprint density at radius 3 is 2.32 bits per heavy atom. The van der Waals surface area contributed by atoms with Crippen molar-refractivity contribution in [2.75, 3.05) is 13.7 Å². The molecule has 0 saturated carbocycles. The Morgan fingerprint density at radius 2 is 1.71 bits per heavy atom. The number of aryl methyl sites for hydroxylation is 1. The molecule has 0 bridgehead atoms. The third-order valence-electron chi connectivity index (χ3n) is 5.40. The van der Waals surface area contributed by atoms with Crippen LogP contribution in [0.2, 0.25) is 10.0 Å². The number of nitrogens with one attached hydrogen (secondary N) is 1. The van der Waals surface area contributed by atoms with Gasteiger partial charge in [0.2, 0.25) is 5.91 Å². The van der Waals surface area contributed by atoms with Gasteiger partial charge in [0.05, 0.1) is 0 Å². The molecule has 0 aliphatic rings. The highest BCUT2D eigenvalue weighted by Crippen LogP contribution is 2.27. The van der Waals surface area contributed by atoms with E-state index in [2.05, 4.69) is 21.2 Å². The maximum Gasteiger partial charge on any atom is 0.261 e. The first-order chi connectivity index (χ1) is 16.3. The first-order valence-electron chi connectivity index (χ1n) is 10.7. The molecule has 178 valence electrons. The quantitative estimate of drug-likeness (QED) is 0.356. The van der Waals surface area contributed by atoms with Gasteiger partial charge in [-0.1, -0.05) is 75.5 Å². The monoisotopic (exact) mass is 562 g/mol. The Balaban J connectivity index is 1.92. The van der Waals surface area contributed by atoms with E-state index in [9.17, 15) is 9.59 Å². The predicted octanol–water partition coefficient (Wildman–Crippen LogP) is 5.83. The number of rotatable bonds is 9. The number of amides is 2. The third-order valence-corrected chi connectivity index (χ3v) is 7.00. The van der Waals surface area contributed by atoms with Gasteiger partial charge in [0.25, 0.3) is 5.91 Å². The van der Waals surface area contributed by atoms with Crippen molar-refractivity contribution in [2.24, 2.45) is 0 Å². The zero-order valence-corrected chi connectivity index (χ0v) is 22.0. The normalized spacial score (nSPS) is 11.6. The average molecular weight is 564 g/mol. The smallest absolute Gasteiger partial charge is 0.261 e. The number of halogens is 3. The second-order valence-corrected chi connectivity index (χ2v) is 9.41. The molecule has 0 heterocycles. The molecule has 0 aromatic heterocycles. The van der Waals surface area contributed by atoms with Gasteiger partial charge >= 0.3 is 0 Å². The fraction of sp³-hybridized carbons (Fsp3) is 0.231. The van der Waals surface area contributed by atoms with Crippen LogP contribution in [-0.2, 0) is 22.6 Å². The lowest BCUT2D eigenvalue weighted by Gasteiger charge is -2.31. The molecule has 3 aromatic rings. The van der Waals surface area contributed by atoms with Crippen molar-refractivity contribution >= 4 is 50.9 Å². The van der Waals surface area contributed by atoms with Crippen molar-refractivity contribution in [3.05, 3.63) is 97.9 Å². The molecular formula is C26H25BrCl2N2O3. The SMILES string of the molecule is CNC(=O)C(Cc1ccccc1)N(Cc1c(Cl)cccc1Cl)C(=O)COc1ccc(Br)c(C)c1. The molecule has 3 aromatic carbocycles. The number of likely N-dealkylation sites (N-methyl/N-ethyl adjacent to an activating group) is 1. The summed E-state index contributed by atoms with van der Waals surface area (Å²) < 4.78 is 6.73. The summed E-state index contributed by atoms with van der Waals surface area (Å²) in [6.45, 7) is 1.75. The van der Waals surface area contributed by atoms with Crippen LogP contribution in [0.15, 0.2) is 71.2 Å². The lowest BCUT2D eigenvalue weighted by Crippen LogP contribution is -2.51. The van der Waals surface area contributed by atoms with Gasteiger partial charge in [-0.05, 0) is 48.4 Å². The summed E-state index contributed by atoms with van der Waals surface area (Å²) in [6.07, 6.45) is 0.325. The Hall–Kier alpha value is -2.54. The molecule has 34 heavy (non-hydrogen) atoms. The lowest BCUT2D eigenvalue weighted by atomic mass is 10.0. The Kier molecular flexibility index (Phi) is 9.39. The molecule has 0 saturated heterocycles. The van der Waals surface area contributed by atoms with E-state index < -0.39 is 6.04 Å². The zero-order valence-electron chi connectivity index (χ0n) is 18.9. The van der Waals surface area contributed by atoms with Gasteiger partial charge in [0.15, 0.2) is 6.61 Å². The Morgan fingerprint density at radius 1 is 1.03 bits per heavy atom. The van der Waals surface area contributed by atoms with E-state index in [4.69, 9.17) is 27.9 Å². The number of nitrogens with zero attached hydrogens (tertiary/aromatic N) is 1. The standard InChI is InChI=1S/C26H25BrCl2N2O3/c1-17-13-19(11-12-21(17)27)34-16-25(32)31(15-20-22(28)9-6-10-23(20)29)24(26(33)30-2)14-18-7-4-3-5-8-18/h3-13,24H,14-16H2,1-2H3,(H,30,33). The second-order valence-electron chi connectivity index (χ2n) is 7.74. The summed E-state index contributed by atoms with van der Waals surface area (Å²) in [5.74, 6) is -0.0923. The largest absolute Gasteiger partial charge is 0.484 e. The summed E-state index contributed by atoms with van der Waals surface area (Å²) in [6, 6.07) is 19.4. The van der Waals surface area contributed by atoms with E-state index in [1.165, 1.54) is 4.90 Å². The number of ether oxygens (including phenoxy) is 1. The van der Waals surface area contributed by atoms with Gasteiger partial charge in [-0.3, -0.25) is 9.59 Å². The highest BCUT2D eigenvalue weighted by molar-refractivity contribution is 9.10. The molecule has 5 nitrogen and oxygen atoms in total. The number of hydrogen-bond donors (Lipinski definition) is 1. The van der Waals surface area contributed by atoms with Crippen LogP contribution >= 0.6 is 39.1 Å². The van der Waals surface area contributed by atoms with Gasteiger partial charge in [-0.25, -0.2) is 0 Å². The summed E-state index contributed by atoms with van der Waals surface area (Å²) in [5.41, 5.74) is 2.47. The van der Waals surface area contributed by atoms with E-state index in [1.54, 1.807) is 31.3 Å². The van der Waals surface area contributed by atoms with Crippen LogP contribution in [0.25, 0.3) is 0 Å². The Bertz CT molecular complexity index is 1140. The average Bonchev–Trinajstić information content (AvgIpc) is 2.83. The maximum absolute atomic E-state index is 13.5. The van der Waals surface area contributed by atoms with Gasteiger partial charge in [-0.15, -0.1) is 0 Å². The van der Waals surface area contributed by atoms with Gasteiger partial charge in [0.1, 0.15) is 11.8 Å². The predicted molar refractivity (Wildman–Crippen MR) is 139 cm³/mol. The molecule has 0 fully saturated rings. The van der Waals surface area contributed by atoms with Crippen molar-refractivity contribution in [1.82, 2.24) is 10.2 Å². The molecule has 1 atom stereocenters. The van der Waals surface area contributed by atoms with Gasteiger partial charge < -0.3 is 15.0 Å². The topological polar surface area (TPSA) is 58.6 Å². The minimum absolute atomic E-state index is 0.0605. The van der Waals surface area contributed by atoms with Crippen LogP contribution in [0.3, 0.4) is 0 Å². The van der Waals surface area contributed by atoms with Crippen LogP contribution in [0.4, 0.5) is 0 Å². The van der Waals surface area contributed by atoms with Crippen LogP contribution in [-0.4, -0.2) is 36.4 Å². The minimum Gasteiger partial charge on any atom is -0.484 e. The summed E-state index contributed by atoms with van der Waals surface area (Å²) in [7, 11) is 1.55. The van der Waals surface area contributed by atoms with Crippen molar-refractivity contribution in [3.63, 3.8) is 0 Å². The molecule has 3 rings (SSSR count). The molecule has 0 radical (unpaired) electrons. The summed E-state index contributed by atoms with van der Waals surface area (Å²) >= 11 is 16.3. The van der Waals surface area contributed by atoms with Crippen LogP contribution in [0.1, 0.15) is 16.7 Å². The molecule has 0 aliphatic carbocycles. The van der Waals surface area contributed by atoms with E-state index in [1.807, 2.05) is 49.4 Å². The van der Waals surface area contributed by atoms with Crippen molar-refractivity contribution in [1.29, 1.82) is 0 Å². The molecule has 0 aliphatic heterocycles. The van der Waals surface area contributed by atoms with Crippen LogP contribution in [0.5, 0.6) is 5.75 Å². The Labute approximate surface area is 218 Å². The molecular weight excluding hydrogens is 539 g/mol. The third kappa shape index (κ3) is 6.75. The number of hydrogen-bond acceptors (Lipinski definition) is 3. The molecule has 1 N–H and O–H groups in total. The number of carbonyl (C=O) groups excluding carboxylic acids is 2. The second kappa shape index (κ2) is 12.2. The maximum atomic E-state index is 13.5. The van der Waals surface area contributed by atoms with Crippen molar-refractivity contribution < 1.29 is 14.3 Å². The minimum atomic E-state index is -0.789. The van der Waals surface area contributed by atoms with Crippen LogP contribution < -0.4 is 10.1 Å². The van der Waals surface area contributed by atoms with E-state index in [0.29, 0.717) is 27.8 Å². The molecule has 0 spiro atoms. The first kappa shape index (κ1) is 26.1. The van der Waals surface area contributed by atoms with Gasteiger partial charge in [0, 0.05) is 40.1 Å². The summed E-state index contributed by atoms with van der Waals surface area (Å²) in [5, 5.41) is 3.52. The highest BCUT2D eigenvalue weighted by atomic mass is 79.9. The van der Waals surface area contributed by atoms with Crippen LogP contribution in [0, 0.1) is 6.92 Å². The highest BCUT2D eigenvalue weighted by Gasteiger charge is 2.31. The van der Waals surface area contributed by atoms with E-state index in [0.717, 1.165) is 15.6 Å². The van der Waals surface area contributed by atoms with E-state index in [-0.39, 0.29) is 25.0 Å². The molecule has 2 amide bonds. The molecule has 1 unspecified atom stereocenters. The number of carbonyl (C=O) groups is 2. The fourth-order valence-electron chi connectivity index (χ4n) is 3.51.